The van der Waals surface area contributed by atoms with Gasteiger partial charge in [0.15, 0.2) is 0 Å². The predicted octanol–water partition coefficient (Wildman–Crippen LogP) is 1.89. The van der Waals surface area contributed by atoms with Gasteiger partial charge in [-0.15, -0.1) is 0 Å². The number of amides is 3. The standard InChI is InChI=1S/C20H29N3O5/c1-4-28-20(26)22-12-9-17(10-13-22)23(15(2)24)14-11-21-19(25)16-5-7-18(27-3)8-6-16/h5-8,17H,4,9-14H2,1-3H3,(H,21,25). The van der Waals surface area contributed by atoms with Crippen LogP contribution in [-0.4, -0.2) is 73.6 Å². The average molecular weight is 391 g/mol. The second-order valence-electron chi connectivity index (χ2n) is 6.61. The summed E-state index contributed by atoms with van der Waals surface area (Å²) in [6, 6.07) is 6.91. The third-order valence-corrected chi connectivity index (χ3v) is 4.83. The molecule has 0 aromatic heterocycles. The number of likely N-dealkylation sites (tertiary alicyclic amines) is 1. The number of carbonyl (C=O) groups is 3. The number of nitrogens with one attached hydrogen (secondary N) is 1. The zero-order valence-electron chi connectivity index (χ0n) is 16.8. The van der Waals surface area contributed by atoms with Crippen molar-refractivity contribution in [2.45, 2.75) is 32.7 Å². The first-order valence-electron chi connectivity index (χ1n) is 9.57. The molecule has 0 aliphatic carbocycles. The van der Waals surface area contributed by atoms with Crippen LogP contribution in [0.1, 0.15) is 37.0 Å². The number of benzene rings is 1. The molecular weight excluding hydrogens is 362 g/mol. The molecule has 8 nitrogen and oxygen atoms in total. The minimum atomic E-state index is -0.304. The molecule has 0 saturated carbocycles. The van der Waals surface area contributed by atoms with Crippen LogP contribution in [0.15, 0.2) is 24.3 Å². The van der Waals surface area contributed by atoms with Gasteiger partial charge in [0.2, 0.25) is 5.91 Å². The predicted molar refractivity (Wildman–Crippen MR) is 104 cm³/mol. The number of hydrogen-bond acceptors (Lipinski definition) is 5. The van der Waals surface area contributed by atoms with Crippen LogP contribution in [0, 0.1) is 0 Å². The number of piperidine rings is 1. The van der Waals surface area contributed by atoms with Crippen molar-refractivity contribution in [1.29, 1.82) is 0 Å². The fourth-order valence-electron chi connectivity index (χ4n) is 3.31. The SMILES string of the molecule is CCOC(=O)N1CCC(N(CCNC(=O)c2ccc(OC)cc2)C(C)=O)CC1. The van der Waals surface area contributed by atoms with Gasteiger partial charge in [-0.05, 0) is 44.0 Å². The molecular formula is C20H29N3O5. The first kappa shape index (κ1) is 21.5. The normalized spacial score (nSPS) is 14.3. The largest absolute Gasteiger partial charge is 0.497 e. The molecule has 1 aliphatic rings. The fourth-order valence-corrected chi connectivity index (χ4v) is 3.31. The lowest BCUT2D eigenvalue weighted by molar-refractivity contribution is -0.131. The average Bonchev–Trinajstić information content (AvgIpc) is 2.71. The summed E-state index contributed by atoms with van der Waals surface area (Å²) in [6.45, 7) is 5.58. The highest BCUT2D eigenvalue weighted by atomic mass is 16.6. The van der Waals surface area contributed by atoms with Gasteiger partial charge in [-0.1, -0.05) is 0 Å². The quantitative estimate of drug-likeness (QED) is 0.767. The summed E-state index contributed by atoms with van der Waals surface area (Å²) in [7, 11) is 1.57. The Morgan fingerprint density at radius 1 is 1.18 bits per heavy atom. The smallest absolute Gasteiger partial charge is 0.409 e. The molecule has 1 N–H and O–H groups in total. The van der Waals surface area contributed by atoms with Crippen LogP contribution in [0.2, 0.25) is 0 Å². The second kappa shape index (κ2) is 10.5. The van der Waals surface area contributed by atoms with Crippen molar-refractivity contribution in [2.75, 3.05) is 39.9 Å². The van der Waals surface area contributed by atoms with Gasteiger partial charge in [0.1, 0.15) is 5.75 Å². The van der Waals surface area contributed by atoms with Gasteiger partial charge in [-0.3, -0.25) is 9.59 Å². The monoisotopic (exact) mass is 391 g/mol. The van der Waals surface area contributed by atoms with Crippen molar-refractivity contribution in [3.63, 3.8) is 0 Å². The van der Waals surface area contributed by atoms with Gasteiger partial charge in [0.25, 0.3) is 5.91 Å². The van der Waals surface area contributed by atoms with Crippen molar-refractivity contribution in [3.8, 4) is 5.75 Å². The molecule has 1 fully saturated rings. The Bertz CT molecular complexity index is 669. The minimum absolute atomic E-state index is 0.0340. The van der Waals surface area contributed by atoms with E-state index >= 15 is 0 Å². The Balaban J connectivity index is 1.82. The Kier molecular flexibility index (Phi) is 8.10. The zero-order valence-corrected chi connectivity index (χ0v) is 16.8. The molecule has 1 aromatic carbocycles. The number of rotatable bonds is 7. The van der Waals surface area contributed by atoms with E-state index in [1.54, 1.807) is 48.1 Å². The zero-order chi connectivity index (χ0) is 20.5. The van der Waals surface area contributed by atoms with E-state index in [1.165, 1.54) is 6.92 Å². The third-order valence-electron chi connectivity index (χ3n) is 4.83. The number of carbonyl (C=O) groups excluding carboxylic acids is 3. The first-order chi connectivity index (χ1) is 13.5. The van der Waals surface area contributed by atoms with Crippen molar-refractivity contribution in [2.24, 2.45) is 0 Å². The van der Waals surface area contributed by atoms with Crippen LogP contribution in [0.4, 0.5) is 4.79 Å². The highest BCUT2D eigenvalue weighted by molar-refractivity contribution is 5.94. The van der Waals surface area contributed by atoms with Crippen LogP contribution >= 0.6 is 0 Å². The van der Waals surface area contributed by atoms with E-state index in [1.807, 2.05) is 0 Å². The molecule has 0 unspecified atom stereocenters. The highest BCUT2D eigenvalue weighted by Crippen LogP contribution is 2.17. The van der Waals surface area contributed by atoms with Gasteiger partial charge in [-0.25, -0.2) is 4.79 Å². The van der Waals surface area contributed by atoms with Crippen molar-refractivity contribution in [1.82, 2.24) is 15.1 Å². The number of methoxy groups -OCH3 is 1. The van der Waals surface area contributed by atoms with Gasteiger partial charge in [-0.2, -0.15) is 0 Å². The number of hydrogen-bond donors (Lipinski definition) is 1. The van der Waals surface area contributed by atoms with Crippen molar-refractivity contribution in [3.05, 3.63) is 29.8 Å². The van der Waals surface area contributed by atoms with E-state index in [2.05, 4.69) is 5.32 Å². The van der Waals surface area contributed by atoms with Crippen LogP contribution in [0.3, 0.4) is 0 Å². The molecule has 1 aliphatic heterocycles. The Morgan fingerprint density at radius 2 is 1.82 bits per heavy atom. The van der Waals surface area contributed by atoms with Crippen LogP contribution < -0.4 is 10.1 Å². The molecule has 28 heavy (non-hydrogen) atoms. The Hall–Kier alpha value is -2.77. The molecule has 154 valence electrons. The molecule has 2 rings (SSSR count). The van der Waals surface area contributed by atoms with Gasteiger partial charge >= 0.3 is 6.09 Å². The van der Waals surface area contributed by atoms with E-state index in [0.717, 1.165) is 0 Å². The van der Waals surface area contributed by atoms with Gasteiger partial charge in [0.05, 0.1) is 13.7 Å². The fraction of sp³-hybridized carbons (Fsp3) is 0.550. The van der Waals surface area contributed by atoms with Crippen molar-refractivity contribution < 1.29 is 23.9 Å². The van der Waals surface area contributed by atoms with E-state index in [9.17, 15) is 14.4 Å². The van der Waals surface area contributed by atoms with Crippen molar-refractivity contribution >= 4 is 17.9 Å². The molecule has 1 aromatic rings. The summed E-state index contributed by atoms with van der Waals surface area (Å²) >= 11 is 0. The Morgan fingerprint density at radius 3 is 2.36 bits per heavy atom. The van der Waals surface area contributed by atoms with E-state index in [4.69, 9.17) is 9.47 Å². The summed E-state index contributed by atoms with van der Waals surface area (Å²) in [5.74, 6) is 0.463. The maximum Gasteiger partial charge on any atom is 0.409 e. The summed E-state index contributed by atoms with van der Waals surface area (Å²) in [5.41, 5.74) is 0.540. The molecule has 0 spiro atoms. The lowest BCUT2D eigenvalue weighted by Gasteiger charge is -2.37. The molecule has 3 amide bonds. The third kappa shape index (κ3) is 5.87. The topological polar surface area (TPSA) is 88.2 Å². The lowest BCUT2D eigenvalue weighted by Crippen LogP contribution is -2.50. The van der Waals surface area contributed by atoms with E-state index in [-0.39, 0.29) is 23.9 Å². The number of ether oxygens (including phenoxy) is 2. The molecule has 0 bridgehead atoms. The summed E-state index contributed by atoms with van der Waals surface area (Å²) in [4.78, 5) is 39.6. The summed E-state index contributed by atoms with van der Waals surface area (Å²) in [5, 5.41) is 2.85. The summed E-state index contributed by atoms with van der Waals surface area (Å²) in [6.07, 6.45) is 1.09. The molecule has 8 heteroatoms. The molecule has 0 radical (unpaired) electrons. The minimum Gasteiger partial charge on any atom is -0.497 e. The molecule has 0 atom stereocenters. The summed E-state index contributed by atoms with van der Waals surface area (Å²) < 4.78 is 10.1. The lowest BCUT2D eigenvalue weighted by atomic mass is 10.0. The second-order valence-corrected chi connectivity index (χ2v) is 6.61. The van der Waals surface area contributed by atoms with Crippen LogP contribution in [0.25, 0.3) is 0 Å². The maximum absolute atomic E-state index is 12.2. The van der Waals surface area contributed by atoms with Gasteiger partial charge in [0, 0.05) is 44.7 Å². The first-order valence-corrected chi connectivity index (χ1v) is 9.57. The highest BCUT2D eigenvalue weighted by Gasteiger charge is 2.28. The van der Waals surface area contributed by atoms with E-state index < -0.39 is 0 Å². The molecule has 1 heterocycles. The maximum atomic E-state index is 12.2. The van der Waals surface area contributed by atoms with Crippen LogP contribution in [-0.2, 0) is 9.53 Å². The number of nitrogens with zero attached hydrogens (tertiary/aromatic N) is 2. The van der Waals surface area contributed by atoms with Crippen LogP contribution in [0.5, 0.6) is 5.75 Å². The van der Waals surface area contributed by atoms with E-state index in [0.29, 0.717) is 56.9 Å². The molecule has 1 saturated heterocycles. The van der Waals surface area contributed by atoms with Gasteiger partial charge < -0.3 is 24.6 Å². The Labute approximate surface area is 165 Å².